The maximum atomic E-state index is 13.9. The molecule has 1 aromatic heterocycles. The van der Waals surface area contributed by atoms with Crippen molar-refractivity contribution in [3.05, 3.63) is 77.7 Å². The van der Waals surface area contributed by atoms with Gasteiger partial charge >= 0.3 is 6.01 Å². The van der Waals surface area contributed by atoms with Gasteiger partial charge in [0.05, 0.1) is 19.7 Å². The van der Waals surface area contributed by atoms with Crippen LogP contribution in [0.2, 0.25) is 0 Å². The third-order valence-electron chi connectivity index (χ3n) is 3.69. The minimum atomic E-state index is -0.731. The van der Waals surface area contributed by atoms with Gasteiger partial charge in [-0.2, -0.15) is 4.98 Å². The van der Waals surface area contributed by atoms with Gasteiger partial charge in [-0.3, -0.25) is 4.79 Å². The molecule has 0 radical (unpaired) electrons. The molecule has 1 heterocycles. The molecule has 0 spiro atoms. The Bertz CT molecular complexity index is 919. The second-order valence-electron chi connectivity index (χ2n) is 5.70. The zero-order valence-electron chi connectivity index (χ0n) is 14.7. The van der Waals surface area contributed by atoms with Crippen LogP contribution < -0.4 is 14.8 Å². The van der Waals surface area contributed by atoms with Crippen LogP contribution in [0.4, 0.5) is 10.2 Å². The van der Waals surface area contributed by atoms with Crippen LogP contribution in [0.3, 0.4) is 0 Å². The number of halogens is 1. The van der Waals surface area contributed by atoms with Crippen molar-refractivity contribution in [1.29, 1.82) is 0 Å². The molecule has 0 aliphatic heterocycles. The highest BCUT2D eigenvalue weighted by Crippen LogP contribution is 2.17. The van der Waals surface area contributed by atoms with E-state index in [1.165, 1.54) is 0 Å². The van der Waals surface area contributed by atoms with Gasteiger partial charge in [-0.1, -0.05) is 42.5 Å². The number of carbonyl (C=O) groups is 1. The van der Waals surface area contributed by atoms with Crippen molar-refractivity contribution in [3.63, 3.8) is 0 Å². The van der Waals surface area contributed by atoms with Crippen molar-refractivity contribution in [1.82, 2.24) is 9.97 Å². The Balaban J connectivity index is 1.64. The van der Waals surface area contributed by atoms with Gasteiger partial charge in [0.25, 0.3) is 0 Å². The van der Waals surface area contributed by atoms with Crippen molar-refractivity contribution in [3.8, 4) is 11.8 Å². The summed E-state index contributed by atoms with van der Waals surface area (Å²) in [4.78, 5) is 19.8. The fourth-order valence-electron chi connectivity index (χ4n) is 2.38. The van der Waals surface area contributed by atoms with E-state index < -0.39 is 5.82 Å². The smallest absolute Gasteiger partial charge is 0.318 e. The first kappa shape index (κ1) is 18.3. The summed E-state index contributed by atoms with van der Waals surface area (Å²) in [5.41, 5.74) is 1.66. The number of amides is 1. The number of ether oxygens (including phenoxy) is 2. The van der Waals surface area contributed by atoms with E-state index in [9.17, 15) is 9.18 Å². The minimum absolute atomic E-state index is 0.0331. The standard InChI is InChI=1S/C20H18FN3O3/c1-26-16-9-5-8-15(10-16)13-27-20-22-12-17(21)19(24-20)23-18(25)11-14-6-3-2-4-7-14/h2-10,12H,11,13H2,1H3,(H,22,23,24,25). The lowest BCUT2D eigenvalue weighted by Crippen LogP contribution is -2.17. The fraction of sp³-hybridized carbons (Fsp3) is 0.150. The molecule has 3 aromatic rings. The number of benzene rings is 2. The summed E-state index contributed by atoms with van der Waals surface area (Å²) >= 11 is 0. The minimum Gasteiger partial charge on any atom is -0.497 e. The highest BCUT2D eigenvalue weighted by Gasteiger charge is 2.12. The first-order valence-corrected chi connectivity index (χ1v) is 8.26. The molecule has 0 aliphatic carbocycles. The summed E-state index contributed by atoms with van der Waals surface area (Å²) in [6.45, 7) is 0.181. The summed E-state index contributed by atoms with van der Waals surface area (Å²) < 4.78 is 24.6. The van der Waals surface area contributed by atoms with Crippen LogP contribution >= 0.6 is 0 Å². The quantitative estimate of drug-likeness (QED) is 0.693. The number of aromatic nitrogens is 2. The lowest BCUT2D eigenvalue weighted by Gasteiger charge is -2.09. The van der Waals surface area contributed by atoms with E-state index in [4.69, 9.17) is 9.47 Å². The molecule has 138 valence electrons. The molecular weight excluding hydrogens is 349 g/mol. The SMILES string of the molecule is COc1cccc(COc2ncc(F)c(NC(=O)Cc3ccccc3)n2)c1. The molecule has 2 aromatic carbocycles. The van der Waals surface area contributed by atoms with Crippen LogP contribution in [0.25, 0.3) is 0 Å². The normalized spacial score (nSPS) is 10.3. The van der Waals surface area contributed by atoms with Gasteiger partial charge in [0, 0.05) is 0 Å². The molecule has 27 heavy (non-hydrogen) atoms. The Morgan fingerprint density at radius 1 is 1.11 bits per heavy atom. The monoisotopic (exact) mass is 367 g/mol. The number of nitrogens with one attached hydrogen (secondary N) is 1. The van der Waals surface area contributed by atoms with Gasteiger partial charge < -0.3 is 14.8 Å². The number of rotatable bonds is 7. The van der Waals surface area contributed by atoms with E-state index in [-0.39, 0.29) is 30.8 Å². The Kier molecular flexibility index (Phi) is 5.94. The van der Waals surface area contributed by atoms with E-state index in [2.05, 4.69) is 15.3 Å². The summed E-state index contributed by atoms with van der Waals surface area (Å²) in [5.74, 6) is -0.626. The molecular formula is C20H18FN3O3. The van der Waals surface area contributed by atoms with Gasteiger partial charge in [-0.05, 0) is 23.3 Å². The maximum absolute atomic E-state index is 13.9. The molecule has 7 heteroatoms. The van der Waals surface area contributed by atoms with Crippen LogP contribution in [-0.4, -0.2) is 23.0 Å². The highest BCUT2D eigenvalue weighted by atomic mass is 19.1. The fourth-order valence-corrected chi connectivity index (χ4v) is 2.38. The Labute approximate surface area is 156 Å². The molecule has 3 rings (SSSR count). The number of hydrogen-bond acceptors (Lipinski definition) is 5. The molecule has 0 bridgehead atoms. The zero-order valence-corrected chi connectivity index (χ0v) is 14.7. The molecule has 1 amide bonds. The third kappa shape index (κ3) is 5.24. The van der Waals surface area contributed by atoms with Gasteiger partial charge in [0.2, 0.25) is 5.91 Å². The van der Waals surface area contributed by atoms with Crippen LogP contribution in [0.15, 0.2) is 60.8 Å². The third-order valence-corrected chi connectivity index (χ3v) is 3.69. The molecule has 0 fully saturated rings. The molecule has 6 nitrogen and oxygen atoms in total. The molecule has 0 saturated carbocycles. The number of nitrogens with zero attached hydrogens (tertiary/aromatic N) is 2. The van der Waals surface area contributed by atoms with Crippen molar-refractivity contribution in [2.45, 2.75) is 13.0 Å². The van der Waals surface area contributed by atoms with E-state index >= 15 is 0 Å². The van der Waals surface area contributed by atoms with Gasteiger partial charge in [0.1, 0.15) is 12.4 Å². The van der Waals surface area contributed by atoms with E-state index in [1.807, 2.05) is 54.6 Å². The largest absolute Gasteiger partial charge is 0.497 e. The van der Waals surface area contributed by atoms with Crippen molar-refractivity contribution >= 4 is 11.7 Å². The van der Waals surface area contributed by atoms with Gasteiger partial charge in [-0.25, -0.2) is 9.37 Å². The average Bonchev–Trinajstić information content (AvgIpc) is 2.69. The van der Waals surface area contributed by atoms with E-state index in [0.29, 0.717) is 5.75 Å². The first-order chi connectivity index (χ1) is 13.1. The summed E-state index contributed by atoms with van der Waals surface area (Å²) in [6, 6.07) is 16.4. The predicted octanol–water partition coefficient (Wildman–Crippen LogP) is 3.38. The average molecular weight is 367 g/mol. The van der Waals surface area contributed by atoms with E-state index in [0.717, 1.165) is 17.3 Å². The lowest BCUT2D eigenvalue weighted by atomic mass is 10.1. The second kappa shape index (κ2) is 8.75. The molecule has 0 saturated heterocycles. The van der Waals surface area contributed by atoms with Gasteiger partial charge in [-0.15, -0.1) is 0 Å². The van der Waals surface area contributed by atoms with Crippen LogP contribution in [0, 0.1) is 5.82 Å². The molecule has 0 atom stereocenters. The van der Waals surface area contributed by atoms with Crippen molar-refractivity contribution in [2.75, 3.05) is 12.4 Å². The van der Waals surface area contributed by atoms with E-state index in [1.54, 1.807) is 7.11 Å². The van der Waals surface area contributed by atoms with Crippen molar-refractivity contribution in [2.24, 2.45) is 0 Å². The number of carbonyl (C=O) groups excluding carboxylic acids is 1. The molecule has 1 N–H and O–H groups in total. The Morgan fingerprint density at radius 2 is 1.89 bits per heavy atom. The second-order valence-corrected chi connectivity index (χ2v) is 5.70. The number of methoxy groups -OCH3 is 1. The summed E-state index contributed by atoms with van der Waals surface area (Å²) in [5, 5.41) is 2.45. The van der Waals surface area contributed by atoms with Gasteiger partial charge in [0.15, 0.2) is 11.6 Å². The maximum Gasteiger partial charge on any atom is 0.318 e. The van der Waals surface area contributed by atoms with Crippen molar-refractivity contribution < 1.29 is 18.7 Å². The predicted molar refractivity (Wildman–Crippen MR) is 98.1 cm³/mol. The lowest BCUT2D eigenvalue weighted by molar-refractivity contribution is -0.115. The topological polar surface area (TPSA) is 73.3 Å². The number of anilines is 1. The first-order valence-electron chi connectivity index (χ1n) is 8.26. The highest BCUT2D eigenvalue weighted by molar-refractivity contribution is 5.91. The number of hydrogen-bond donors (Lipinski definition) is 1. The Morgan fingerprint density at radius 3 is 2.67 bits per heavy atom. The summed E-state index contributed by atoms with van der Waals surface area (Å²) in [7, 11) is 1.58. The zero-order chi connectivity index (χ0) is 19.1. The molecule has 0 unspecified atom stereocenters. The molecule has 0 aliphatic rings. The van der Waals surface area contributed by atoms with Crippen LogP contribution in [0.5, 0.6) is 11.8 Å². The summed E-state index contributed by atoms with van der Waals surface area (Å²) in [6.07, 6.45) is 1.08. The van der Waals surface area contributed by atoms with Crippen LogP contribution in [-0.2, 0) is 17.8 Å². The van der Waals surface area contributed by atoms with Crippen LogP contribution in [0.1, 0.15) is 11.1 Å². The Hall–Kier alpha value is -3.48.